The van der Waals surface area contributed by atoms with Crippen molar-refractivity contribution in [3.05, 3.63) is 0 Å². The van der Waals surface area contributed by atoms with Crippen LogP contribution in [0.1, 0.15) is 32.6 Å². The Morgan fingerprint density at radius 1 is 0.864 bits per heavy atom. The predicted octanol–water partition coefficient (Wildman–Crippen LogP) is 5.38. The van der Waals surface area contributed by atoms with Crippen LogP contribution in [0.25, 0.3) is 0 Å². The molecule has 0 rings (SSSR count). The first-order chi connectivity index (χ1) is 9.79. The van der Waals surface area contributed by atoms with Crippen LogP contribution >= 0.6 is 0 Å². The van der Waals surface area contributed by atoms with Gasteiger partial charge in [-0.1, -0.05) is 26.2 Å². The van der Waals surface area contributed by atoms with Gasteiger partial charge in [0.15, 0.2) is 6.17 Å². The second-order valence-corrected chi connectivity index (χ2v) is 4.53. The van der Waals surface area contributed by atoms with Gasteiger partial charge < -0.3 is 0 Å². The minimum Gasteiger partial charge on any atom is -0.241 e. The Labute approximate surface area is 119 Å². The van der Waals surface area contributed by atoms with Gasteiger partial charge in [0, 0.05) is 5.92 Å². The van der Waals surface area contributed by atoms with Gasteiger partial charge >= 0.3 is 23.7 Å². The molecule has 0 aromatic carbocycles. The van der Waals surface area contributed by atoms with Gasteiger partial charge in [-0.2, -0.15) is 35.1 Å². The number of hydrogen-bond acceptors (Lipinski definition) is 0. The summed E-state index contributed by atoms with van der Waals surface area (Å²) in [6.07, 6.45) is -5.00. The van der Waals surface area contributed by atoms with Crippen LogP contribution in [-0.4, -0.2) is 29.9 Å². The highest BCUT2D eigenvalue weighted by Gasteiger charge is 2.82. The maximum atomic E-state index is 13.2. The predicted molar refractivity (Wildman–Crippen MR) is 57.7 cm³/mol. The fourth-order valence-corrected chi connectivity index (χ4v) is 1.50. The first kappa shape index (κ1) is 20.9. The summed E-state index contributed by atoms with van der Waals surface area (Å²) in [4.78, 5) is 0. The van der Waals surface area contributed by atoms with E-state index in [0.29, 0.717) is 6.42 Å². The zero-order chi connectivity index (χ0) is 17.8. The van der Waals surface area contributed by atoms with E-state index in [2.05, 4.69) is 0 Å². The summed E-state index contributed by atoms with van der Waals surface area (Å²) < 4.78 is 129. The molecule has 0 fully saturated rings. The molecule has 0 amide bonds. The molecular weight excluding hydrogens is 334 g/mol. The third-order valence-corrected chi connectivity index (χ3v) is 2.87. The Hall–Kier alpha value is -1.14. The highest BCUT2D eigenvalue weighted by molar-refractivity contribution is 5.17. The average Bonchev–Trinajstić information content (AvgIpc) is 2.37. The van der Waals surface area contributed by atoms with Crippen LogP contribution in [-0.2, 0) is 0 Å². The fraction of sp³-hybridized carbons (Fsp3) is 0.833. The zero-order valence-corrected chi connectivity index (χ0v) is 11.2. The average molecular weight is 346 g/mol. The molecule has 0 aliphatic rings. The molecule has 0 nitrogen and oxygen atoms in total. The fourth-order valence-electron chi connectivity index (χ4n) is 1.50. The van der Waals surface area contributed by atoms with Gasteiger partial charge in [0.1, 0.15) is 6.17 Å². The lowest BCUT2D eigenvalue weighted by molar-refractivity contribution is -0.364. The van der Waals surface area contributed by atoms with Crippen molar-refractivity contribution in [1.29, 1.82) is 0 Å². The van der Waals surface area contributed by atoms with Crippen molar-refractivity contribution in [3.8, 4) is 12.1 Å². The largest absolute Gasteiger partial charge is 0.390 e. The molecule has 1 atom stereocenters. The number of halogens is 10. The lowest BCUT2D eigenvalue weighted by Gasteiger charge is -2.36. The van der Waals surface area contributed by atoms with E-state index >= 15 is 0 Å². The molecule has 0 aromatic rings. The number of alkyl halides is 9. The highest BCUT2D eigenvalue weighted by atomic mass is 19.4. The number of hydrogen-bond donors (Lipinski definition) is 0. The Balaban J connectivity index is 5.52. The van der Waals surface area contributed by atoms with Crippen molar-refractivity contribution in [2.75, 3.05) is 0 Å². The summed E-state index contributed by atoms with van der Waals surface area (Å²) in [5.74, 6) is -25.9. The molecule has 0 N–H and O–H groups in total. The minimum atomic E-state index is -6.77. The minimum absolute atomic E-state index is 0.155. The SMILES string of the molecule is CCCCCC(F)C(F)(F)C(F)(F)C(F)(F)C(F)(F)C#CF. The van der Waals surface area contributed by atoms with Crippen LogP contribution in [0.4, 0.5) is 43.9 Å². The van der Waals surface area contributed by atoms with E-state index in [-0.39, 0.29) is 24.9 Å². The van der Waals surface area contributed by atoms with E-state index in [0.717, 1.165) is 0 Å². The van der Waals surface area contributed by atoms with Crippen molar-refractivity contribution in [2.24, 2.45) is 0 Å². The Kier molecular flexibility index (Phi) is 6.60. The lowest BCUT2D eigenvalue weighted by atomic mass is 9.93. The van der Waals surface area contributed by atoms with E-state index in [1.54, 1.807) is 6.92 Å². The molecule has 0 radical (unpaired) electrons. The van der Waals surface area contributed by atoms with E-state index in [1.807, 2.05) is 0 Å². The van der Waals surface area contributed by atoms with Gasteiger partial charge in [-0.15, -0.1) is 4.39 Å². The van der Waals surface area contributed by atoms with E-state index in [9.17, 15) is 43.9 Å². The maximum Gasteiger partial charge on any atom is 0.390 e. The summed E-state index contributed by atoms with van der Waals surface area (Å²) in [5, 5.41) is 0. The van der Waals surface area contributed by atoms with Crippen molar-refractivity contribution in [2.45, 2.75) is 62.5 Å². The van der Waals surface area contributed by atoms with Crippen LogP contribution in [0, 0.1) is 12.1 Å². The number of rotatable bonds is 8. The summed E-state index contributed by atoms with van der Waals surface area (Å²) in [6.45, 7) is 1.57. The van der Waals surface area contributed by atoms with Crippen LogP contribution in [0.2, 0.25) is 0 Å². The summed E-state index contributed by atoms with van der Waals surface area (Å²) >= 11 is 0. The number of unbranched alkanes of at least 4 members (excludes halogenated alkanes) is 2. The lowest BCUT2D eigenvalue weighted by Crippen LogP contribution is -2.64. The van der Waals surface area contributed by atoms with Gasteiger partial charge in [0.2, 0.25) is 0 Å². The molecule has 0 aliphatic carbocycles. The van der Waals surface area contributed by atoms with Gasteiger partial charge in [-0.3, -0.25) is 0 Å². The van der Waals surface area contributed by atoms with Crippen LogP contribution in [0.5, 0.6) is 0 Å². The van der Waals surface area contributed by atoms with Gasteiger partial charge in [-0.05, 0) is 6.42 Å². The smallest absolute Gasteiger partial charge is 0.241 e. The van der Waals surface area contributed by atoms with E-state index < -0.39 is 36.3 Å². The Bertz CT molecular complexity index is 417. The topological polar surface area (TPSA) is 0 Å². The van der Waals surface area contributed by atoms with Gasteiger partial charge in [0.25, 0.3) is 0 Å². The molecule has 0 bridgehead atoms. The molecule has 0 aliphatic heterocycles. The van der Waals surface area contributed by atoms with Gasteiger partial charge in [0.05, 0.1) is 0 Å². The van der Waals surface area contributed by atoms with E-state index in [1.165, 1.54) is 0 Å². The molecule has 1 unspecified atom stereocenters. The van der Waals surface area contributed by atoms with Crippen LogP contribution in [0.15, 0.2) is 0 Å². The van der Waals surface area contributed by atoms with Crippen LogP contribution in [0.3, 0.4) is 0 Å². The first-order valence-electron chi connectivity index (χ1n) is 6.07. The van der Waals surface area contributed by atoms with E-state index in [4.69, 9.17) is 0 Å². The summed E-state index contributed by atoms with van der Waals surface area (Å²) in [6, 6.07) is 0. The quantitative estimate of drug-likeness (QED) is 0.315. The first-order valence-corrected chi connectivity index (χ1v) is 6.07. The van der Waals surface area contributed by atoms with Crippen molar-refractivity contribution in [3.63, 3.8) is 0 Å². The third-order valence-electron chi connectivity index (χ3n) is 2.87. The zero-order valence-electron chi connectivity index (χ0n) is 11.2. The Morgan fingerprint density at radius 2 is 1.36 bits per heavy atom. The molecule has 0 heterocycles. The van der Waals surface area contributed by atoms with Crippen molar-refractivity contribution < 1.29 is 43.9 Å². The van der Waals surface area contributed by atoms with Gasteiger partial charge in [-0.25, -0.2) is 4.39 Å². The molecule has 0 saturated heterocycles. The maximum absolute atomic E-state index is 13.2. The molecule has 10 heteroatoms. The summed E-state index contributed by atoms with van der Waals surface area (Å²) in [7, 11) is 0. The second kappa shape index (κ2) is 6.96. The molecule has 22 heavy (non-hydrogen) atoms. The normalized spacial score (nSPS) is 15.2. The standard InChI is InChI=1S/C12H12F10/c1-2-3-4-5-8(14)10(17,18)12(21,22)11(19,20)9(15,16)6-7-13/h8H,2-5H2,1H3. The van der Waals surface area contributed by atoms with Crippen molar-refractivity contribution >= 4 is 0 Å². The second-order valence-electron chi connectivity index (χ2n) is 4.53. The molecule has 0 spiro atoms. The highest BCUT2D eigenvalue weighted by Crippen LogP contribution is 2.54. The third kappa shape index (κ3) is 3.60. The summed E-state index contributed by atoms with van der Waals surface area (Å²) in [5.41, 5.74) is 0. The monoisotopic (exact) mass is 346 g/mol. The van der Waals surface area contributed by atoms with Crippen molar-refractivity contribution in [1.82, 2.24) is 0 Å². The molecular formula is C12H12F10. The molecule has 0 aromatic heterocycles. The molecule has 130 valence electrons. The Morgan fingerprint density at radius 3 is 1.77 bits per heavy atom. The molecule has 0 saturated carbocycles. The van der Waals surface area contributed by atoms with Crippen LogP contribution < -0.4 is 0 Å².